The van der Waals surface area contributed by atoms with Crippen molar-refractivity contribution in [2.24, 2.45) is 0 Å². The molecule has 0 spiro atoms. The van der Waals surface area contributed by atoms with E-state index in [9.17, 15) is 14.4 Å². The molecule has 1 aromatic heterocycles. The molecule has 2 aliphatic carbocycles. The van der Waals surface area contributed by atoms with Crippen LogP contribution in [-0.2, 0) is 27.2 Å². The third-order valence-corrected chi connectivity index (χ3v) is 5.85. The van der Waals surface area contributed by atoms with Crippen molar-refractivity contribution in [3.63, 3.8) is 0 Å². The zero-order valence-electron chi connectivity index (χ0n) is 16.8. The Morgan fingerprint density at radius 2 is 1.77 bits per heavy atom. The highest BCUT2D eigenvalue weighted by molar-refractivity contribution is 6.24. The Kier molecular flexibility index (Phi) is 4.55. The second kappa shape index (κ2) is 7.40. The first kappa shape index (κ1) is 19.1. The second-order valence-corrected chi connectivity index (χ2v) is 7.56. The van der Waals surface area contributed by atoms with E-state index >= 15 is 0 Å². The van der Waals surface area contributed by atoms with E-state index in [4.69, 9.17) is 4.74 Å². The van der Waals surface area contributed by atoms with Crippen molar-refractivity contribution in [3.05, 3.63) is 81.5 Å². The van der Waals surface area contributed by atoms with Crippen molar-refractivity contribution in [1.29, 1.82) is 0 Å². The van der Waals surface area contributed by atoms with Gasteiger partial charge in [-0.3, -0.25) is 14.4 Å². The number of benzene rings is 2. The number of ketones is 2. The Hall–Kier alpha value is -3.93. The van der Waals surface area contributed by atoms with E-state index in [1.54, 1.807) is 12.1 Å². The smallest absolute Gasteiger partial charge is 0.311 e. The summed E-state index contributed by atoms with van der Waals surface area (Å²) in [5, 5.41) is 9.49. The van der Waals surface area contributed by atoms with E-state index in [1.165, 1.54) is 13.3 Å². The van der Waals surface area contributed by atoms with Crippen molar-refractivity contribution < 1.29 is 19.1 Å². The molecule has 3 aromatic rings. The van der Waals surface area contributed by atoms with Crippen LogP contribution in [0.1, 0.15) is 33.6 Å². The molecule has 0 N–H and O–H groups in total. The molecule has 2 aromatic carbocycles. The van der Waals surface area contributed by atoms with E-state index in [0.29, 0.717) is 35.2 Å². The molecule has 5 rings (SSSR count). The Balaban J connectivity index is 1.88. The summed E-state index contributed by atoms with van der Waals surface area (Å²) in [5.41, 5.74) is 4.83. The number of aryl methyl sites for hydroxylation is 1. The Morgan fingerprint density at radius 3 is 2.58 bits per heavy atom. The van der Waals surface area contributed by atoms with Crippen molar-refractivity contribution in [2.75, 3.05) is 7.11 Å². The molecule has 0 bridgehead atoms. The number of esters is 1. The fourth-order valence-corrected chi connectivity index (χ4v) is 4.42. The van der Waals surface area contributed by atoms with Crippen LogP contribution < -0.4 is 10.4 Å². The number of methoxy groups -OCH3 is 1. The van der Waals surface area contributed by atoms with E-state index < -0.39 is 5.97 Å². The minimum absolute atomic E-state index is 0.0419. The molecule has 6 heteroatoms. The molecule has 0 radical (unpaired) electrons. The van der Waals surface area contributed by atoms with Crippen LogP contribution in [0.25, 0.3) is 22.8 Å². The standard InChI is InChI=1S/C25H18N2O4/c1-31-23(30)13-20-18(10-11-26-27-20)25-21(28)9-7-14-6-8-16-15-4-2-3-5-17(15)22(29)12-19(16)24(14)25/h2-6,8,10-12H,7,9,13H2,1H3. The molecule has 6 nitrogen and oxygen atoms in total. The molecular formula is C25H18N2O4. The van der Waals surface area contributed by atoms with Gasteiger partial charge in [-0.05, 0) is 45.7 Å². The van der Waals surface area contributed by atoms with Gasteiger partial charge < -0.3 is 4.74 Å². The van der Waals surface area contributed by atoms with Crippen molar-refractivity contribution in [1.82, 2.24) is 10.2 Å². The van der Waals surface area contributed by atoms with Gasteiger partial charge in [-0.2, -0.15) is 10.2 Å². The van der Waals surface area contributed by atoms with Crippen molar-refractivity contribution >= 4 is 29.2 Å². The summed E-state index contributed by atoms with van der Waals surface area (Å²) in [6, 6.07) is 13.2. The van der Waals surface area contributed by atoms with Gasteiger partial charge >= 0.3 is 5.97 Å². The first-order chi connectivity index (χ1) is 15.1. The number of rotatable bonds is 3. The maximum absolute atomic E-state index is 13.2. The number of Topliss-reactive ketones (excluding diaryl/α,β-unsaturated/α-hetero) is 2. The summed E-state index contributed by atoms with van der Waals surface area (Å²) in [4.78, 5) is 38.0. The zero-order chi connectivity index (χ0) is 21.5. The number of ether oxygens (including phenoxy) is 1. The summed E-state index contributed by atoms with van der Waals surface area (Å²) >= 11 is 0. The Bertz CT molecular complexity index is 1410. The minimum atomic E-state index is -0.461. The first-order valence-corrected chi connectivity index (χ1v) is 10.0. The first-order valence-electron chi connectivity index (χ1n) is 10.0. The third-order valence-electron chi connectivity index (χ3n) is 5.85. The van der Waals surface area contributed by atoms with Crippen LogP contribution in [0.4, 0.5) is 0 Å². The lowest BCUT2D eigenvalue weighted by molar-refractivity contribution is -0.139. The number of nitrogens with zero attached hydrogens (tertiary/aromatic N) is 2. The number of aromatic nitrogens is 2. The van der Waals surface area contributed by atoms with Gasteiger partial charge in [0.05, 0.1) is 25.4 Å². The molecule has 31 heavy (non-hydrogen) atoms. The molecule has 0 saturated heterocycles. The van der Waals surface area contributed by atoms with Gasteiger partial charge in [-0.1, -0.05) is 36.4 Å². The molecule has 152 valence electrons. The highest BCUT2D eigenvalue weighted by atomic mass is 16.5. The number of carbonyl (C=O) groups excluding carboxylic acids is 3. The van der Waals surface area contributed by atoms with Crippen LogP contribution in [0, 0.1) is 0 Å². The number of carbonyl (C=O) groups is 3. The van der Waals surface area contributed by atoms with Crippen molar-refractivity contribution in [3.8, 4) is 11.1 Å². The highest BCUT2D eigenvalue weighted by Crippen LogP contribution is 2.27. The molecule has 0 saturated carbocycles. The summed E-state index contributed by atoms with van der Waals surface area (Å²) in [5.74, 6) is -0.590. The average molecular weight is 410 g/mol. The Labute approximate surface area is 177 Å². The van der Waals surface area contributed by atoms with Gasteiger partial charge in [-0.25, -0.2) is 0 Å². The lowest BCUT2D eigenvalue weighted by Crippen LogP contribution is -2.40. The lowest BCUT2D eigenvalue weighted by Gasteiger charge is -2.21. The van der Waals surface area contributed by atoms with E-state index in [-0.39, 0.29) is 18.0 Å². The van der Waals surface area contributed by atoms with E-state index in [0.717, 1.165) is 27.1 Å². The fourth-order valence-electron chi connectivity index (χ4n) is 4.42. The second-order valence-electron chi connectivity index (χ2n) is 7.56. The van der Waals surface area contributed by atoms with Crippen molar-refractivity contribution in [2.45, 2.75) is 19.3 Å². The maximum Gasteiger partial charge on any atom is 0.311 e. The van der Waals surface area contributed by atoms with Gasteiger partial charge in [0, 0.05) is 23.1 Å². The normalized spacial score (nSPS) is 14.3. The SMILES string of the molecule is COC(=O)Cc1nnccc1C1=c2c(ccc3c2=CC(=O)c2ccccc2-3)CCC1=O. The predicted molar refractivity (Wildman–Crippen MR) is 114 cm³/mol. The van der Waals surface area contributed by atoms with Gasteiger partial charge in [0.2, 0.25) is 0 Å². The van der Waals surface area contributed by atoms with Crippen LogP contribution in [-0.4, -0.2) is 34.8 Å². The quantitative estimate of drug-likeness (QED) is 0.609. The van der Waals surface area contributed by atoms with Gasteiger partial charge in [0.25, 0.3) is 0 Å². The average Bonchev–Trinajstić information content (AvgIpc) is 2.79. The van der Waals surface area contributed by atoms with Gasteiger partial charge in [-0.15, -0.1) is 0 Å². The third kappa shape index (κ3) is 3.08. The Morgan fingerprint density at radius 1 is 0.968 bits per heavy atom. The summed E-state index contributed by atoms with van der Waals surface area (Å²) in [6.07, 6.45) is 3.98. The number of fused-ring (bicyclic) bond motifs is 5. The highest BCUT2D eigenvalue weighted by Gasteiger charge is 2.26. The van der Waals surface area contributed by atoms with Crippen LogP contribution in [0.5, 0.6) is 0 Å². The van der Waals surface area contributed by atoms with Crippen LogP contribution in [0.3, 0.4) is 0 Å². The molecule has 0 unspecified atom stereocenters. The maximum atomic E-state index is 13.2. The molecule has 2 aliphatic rings. The van der Waals surface area contributed by atoms with Crippen LogP contribution in [0.2, 0.25) is 0 Å². The van der Waals surface area contributed by atoms with Crippen LogP contribution in [0.15, 0.2) is 48.7 Å². The summed E-state index contributed by atoms with van der Waals surface area (Å²) in [7, 11) is 1.31. The monoisotopic (exact) mass is 410 g/mol. The van der Waals surface area contributed by atoms with E-state index in [2.05, 4.69) is 10.2 Å². The van der Waals surface area contributed by atoms with E-state index in [1.807, 2.05) is 36.4 Å². The van der Waals surface area contributed by atoms with Crippen LogP contribution >= 0.6 is 0 Å². The fraction of sp³-hybridized carbons (Fsp3) is 0.160. The lowest BCUT2D eigenvalue weighted by atomic mass is 9.82. The molecular weight excluding hydrogens is 392 g/mol. The minimum Gasteiger partial charge on any atom is -0.469 e. The molecule has 0 fully saturated rings. The molecule has 0 amide bonds. The summed E-state index contributed by atoms with van der Waals surface area (Å²) < 4.78 is 4.78. The van der Waals surface area contributed by atoms with Gasteiger partial charge in [0.15, 0.2) is 11.6 Å². The zero-order valence-corrected chi connectivity index (χ0v) is 16.8. The largest absolute Gasteiger partial charge is 0.469 e. The molecule has 0 atom stereocenters. The molecule has 1 heterocycles. The van der Waals surface area contributed by atoms with Gasteiger partial charge in [0.1, 0.15) is 0 Å². The number of hydrogen-bond donors (Lipinski definition) is 0. The number of hydrogen-bond acceptors (Lipinski definition) is 6. The topological polar surface area (TPSA) is 86.2 Å². The summed E-state index contributed by atoms with van der Waals surface area (Å²) in [6.45, 7) is 0. The predicted octanol–water partition coefficient (Wildman–Crippen LogP) is 1.55. The molecule has 0 aliphatic heterocycles.